The molecule has 0 unspecified atom stereocenters. The van der Waals surface area contributed by atoms with Crippen LogP contribution in [0.4, 0.5) is 0 Å². The van der Waals surface area contributed by atoms with Crippen molar-refractivity contribution in [1.29, 1.82) is 0 Å². The van der Waals surface area contributed by atoms with Crippen LogP contribution in [-0.4, -0.2) is 27.6 Å². The third-order valence-electron chi connectivity index (χ3n) is 2.85. The number of hydrogen-bond acceptors (Lipinski definition) is 4. The second kappa shape index (κ2) is 4.17. The molecule has 98 valence electrons. The summed E-state index contributed by atoms with van der Waals surface area (Å²) < 4.78 is 12.2. The van der Waals surface area contributed by atoms with Crippen molar-refractivity contribution >= 4 is 17.6 Å². The van der Waals surface area contributed by atoms with E-state index in [-0.39, 0.29) is 12.5 Å². The molecule has 0 fully saturated rings. The molecule has 0 saturated heterocycles. The molecule has 1 aromatic heterocycles. The Morgan fingerprint density at radius 2 is 2.16 bits per heavy atom. The van der Waals surface area contributed by atoms with Crippen LogP contribution < -0.4 is 9.47 Å². The molecule has 3 rings (SSSR count). The quantitative estimate of drug-likeness (QED) is 0.912. The number of ether oxygens (including phenoxy) is 2. The van der Waals surface area contributed by atoms with Crippen LogP contribution in [0.15, 0.2) is 18.2 Å². The highest BCUT2D eigenvalue weighted by Crippen LogP contribution is 2.45. The van der Waals surface area contributed by atoms with E-state index >= 15 is 0 Å². The molecule has 1 aliphatic rings. The van der Waals surface area contributed by atoms with Gasteiger partial charge in [0.15, 0.2) is 17.2 Å². The summed E-state index contributed by atoms with van der Waals surface area (Å²) in [5.74, 6) is -0.102. The first-order chi connectivity index (χ1) is 9.08. The van der Waals surface area contributed by atoms with Gasteiger partial charge in [0.2, 0.25) is 6.79 Å². The molecule has 0 radical (unpaired) electrons. The van der Waals surface area contributed by atoms with Crippen molar-refractivity contribution in [3.63, 3.8) is 0 Å². The van der Waals surface area contributed by atoms with Crippen LogP contribution in [0.25, 0.3) is 11.3 Å². The van der Waals surface area contributed by atoms with Gasteiger partial charge in [-0.05, 0) is 18.2 Å². The molecule has 0 aliphatic carbocycles. The fraction of sp³-hybridized carbons (Fsp3) is 0.167. The lowest BCUT2D eigenvalue weighted by atomic mass is 10.1. The molecular formula is C12H9ClN2O4. The summed E-state index contributed by atoms with van der Waals surface area (Å²) in [6.07, 6.45) is 0. The minimum atomic E-state index is -1.08. The molecule has 0 spiro atoms. The van der Waals surface area contributed by atoms with Gasteiger partial charge in [-0.3, -0.25) is 4.68 Å². The van der Waals surface area contributed by atoms with E-state index < -0.39 is 5.97 Å². The Bertz CT molecular complexity index is 681. The van der Waals surface area contributed by atoms with Gasteiger partial charge >= 0.3 is 5.97 Å². The van der Waals surface area contributed by atoms with Crippen molar-refractivity contribution in [3.05, 3.63) is 28.9 Å². The third-order valence-corrected chi connectivity index (χ3v) is 3.14. The normalized spacial score (nSPS) is 12.7. The number of hydrogen-bond donors (Lipinski definition) is 1. The zero-order valence-corrected chi connectivity index (χ0v) is 10.6. The second-order valence-electron chi connectivity index (χ2n) is 4.00. The maximum atomic E-state index is 10.9. The summed E-state index contributed by atoms with van der Waals surface area (Å²) in [7, 11) is 1.67. The van der Waals surface area contributed by atoms with Crippen LogP contribution in [0.1, 0.15) is 10.5 Å². The van der Waals surface area contributed by atoms with E-state index in [4.69, 9.17) is 26.2 Å². The first-order valence-corrected chi connectivity index (χ1v) is 5.81. The Balaban J connectivity index is 2.18. The van der Waals surface area contributed by atoms with E-state index in [1.165, 1.54) is 10.7 Å². The van der Waals surface area contributed by atoms with Gasteiger partial charge in [0.1, 0.15) is 0 Å². The molecule has 0 bridgehead atoms. The predicted octanol–water partition coefficient (Wildman–Crippen LogP) is 2.17. The minimum absolute atomic E-state index is 0.0277. The molecular weight excluding hydrogens is 272 g/mol. The summed E-state index contributed by atoms with van der Waals surface area (Å²) in [4.78, 5) is 10.9. The standard InChI is InChI=1S/C12H9ClN2O4/c1-15-9(4-8(14-15)12(16)17)6-2-3-7(13)11-10(6)18-5-19-11/h2-4H,5H2,1H3,(H,16,17). The van der Waals surface area contributed by atoms with Crippen molar-refractivity contribution in [2.24, 2.45) is 7.05 Å². The highest BCUT2D eigenvalue weighted by Gasteiger charge is 2.24. The van der Waals surface area contributed by atoms with Crippen LogP contribution >= 0.6 is 11.6 Å². The average Bonchev–Trinajstić information content (AvgIpc) is 2.97. The van der Waals surface area contributed by atoms with Crippen LogP contribution in [0.2, 0.25) is 5.02 Å². The van der Waals surface area contributed by atoms with Crippen molar-refractivity contribution in [2.45, 2.75) is 0 Å². The van der Waals surface area contributed by atoms with E-state index in [0.29, 0.717) is 27.8 Å². The zero-order valence-electron chi connectivity index (χ0n) is 9.88. The zero-order chi connectivity index (χ0) is 13.6. The molecule has 1 aromatic carbocycles. The largest absolute Gasteiger partial charge is 0.476 e. The summed E-state index contributed by atoms with van der Waals surface area (Å²) >= 11 is 6.00. The van der Waals surface area contributed by atoms with Crippen LogP contribution in [0, 0.1) is 0 Å². The average molecular weight is 281 g/mol. The molecule has 0 saturated carbocycles. The Labute approximate surface area is 113 Å². The molecule has 7 heteroatoms. The lowest BCUT2D eigenvalue weighted by molar-refractivity contribution is 0.0689. The highest BCUT2D eigenvalue weighted by atomic mass is 35.5. The molecule has 2 aromatic rings. The number of halogens is 1. The summed E-state index contributed by atoms with van der Waals surface area (Å²) in [5, 5.41) is 13.3. The number of carbonyl (C=O) groups is 1. The van der Waals surface area contributed by atoms with E-state index in [0.717, 1.165) is 0 Å². The number of aromatic carboxylic acids is 1. The topological polar surface area (TPSA) is 73.6 Å². The monoisotopic (exact) mass is 280 g/mol. The minimum Gasteiger partial charge on any atom is -0.476 e. The number of aromatic nitrogens is 2. The second-order valence-corrected chi connectivity index (χ2v) is 4.41. The first kappa shape index (κ1) is 11.9. The smallest absolute Gasteiger partial charge is 0.356 e. The van der Waals surface area contributed by atoms with E-state index in [9.17, 15) is 4.79 Å². The third kappa shape index (κ3) is 1.80. The summed E-state index contributed by atoms with van der Waals surface area (Å²) in [5.41, 5.74) is 1.29. The number of nitrogens with zero attached hydrogens (tertiary/aromatic N) is 2. The lowest BCUT2D eigenvalue weighted by Gasteiger charge is -2.06. The molecule has 1 aliphatic heterocycles. The number of benzene rings is 1. The Hall–Kier alpha value is -2.21. The number of aryl methyl sites for hydroxylation is 1. The Kier molecular flexibility index (Phi) is 2.60. The Morgan fingerprint density at radius 1 is 1.42 bits per heavy atom. The molecule has 6 nitrogen and oxygen atoms in total. The number of rotatable bonds is 2. The number of fused-ring (bicyclic) bond motifs is 1. The first-order valence-electron chi connectivity index (χ1n) is 5.43. The fourth-order valence-electron chi connectivity index (χ4n) is 1.99. The van der Waals surface area contributed by atoms with Crippen LogP contribution in [-0.2, 0) is 7.05 Å². The fourth-order valence-corrected chi connectivity index (χ4v) is 2.19. The maximum absolute atomic E-state index is 10.9. The molecule has 2 heterocycles. The van der Waals surface area contributed by atoms with Crippen LogP contribution in [0.5, 0.6) is 11.5 Å². The SMILES string of the molecule is Cn1nc(C(=O)O)cc1-c1ccc(Cl)c2c1OCO2. The molecule has 0 atom stereocenters. The number of carboxylic acids is 1. The van der Waals surface area contributed by atoms with Crippen molar-refractivity contribution in [1.82, 2.24) is 9.78 Å². The van der Waals surface area contributed by atoms with Gasteiger partial charge in [0.05, 0.1) is 10.7 Å². The molecule has 0 amide bonds. The maximum Gasteiger partial charge on any atom is 0.356 e. The summed E-state index contributed by atoms with van der Waals surface area (Å²) in [6.45, 7) is 0.0930. The molecule has 1 N–H and O–H groups in total. The molecule has 19 heavy (non-hydrogen) atoms. The van der Waals surface area contributed by atoms with Crippen molar-refractivity contribution < 1.29 is 19.4 Å². The van der Waals surface area contributed by atoms with E-state index in [1.807, 2.05) is 0 Å². The van der Waals surface area contributed by atoms with Gasteiger partial charge in [-0.2, -0.15) is 5.10 Å². The van der Waals surface area contributed by atoms with Gasteiger partial charge in [0, 0.05) is 12.6 Å². The van der Waals surface area contributed by atoms with Gasteiger partial charge in [-0.1, -0.05) is 11.6 Å². The van der Waals surface area contributed by atoms with E-state index in [2.05, 4.69) is 5.10 Å². The number of carboxylic acid groups (broad SMARTS) is 1. The summed E-state index contributed by atoms with van der Waals surface area (Å²) in [6, 6.07) is 4.91. The predicted molar refractivity (Wildman–Crippen MR) is 66.7 cm³/mol. The van der Waals surface area contributed by atoms with Gasteiger partial charge < -0.3 is 14.6 Å². The van der Waals surface area contributed by atoms with Crippen molar-refractivity contribution in [2.75, 3.05) is 6.79 Å². The van der Waals surface area contributed by atoms with E-state index in [1.54, 1.807) is 19.2 Å². The highest BCUT2D eigenvalue weighted by molar-refractivity contribution is 6.32. The van der Waals surface area contributed by atoms with Crippen molar-refractivity contribution in [3.8, 4) is 22.8 Å². The van der Waals surface area contributed by atoms with Gasteiger partial charge in [-0.15, -0.1) is 0 Å². The van der Waals surface area contributed by atoms with Crippen LogP contribution in [0.3, 0.4) is 0 Å². The Morgan fingerprint density at radius 3 is 2.84 bits per heavy atom. The lowest BCUT2D eigenvalue weighted by Crippen LogP contribution is -1.99. The van der Waals surface area contributed by atoms with Gasteiger partial charge in [0.25, 0.3) is 0 Å². The van der Waals surface area contributed by atoms with Gasteiger partial charge in [-0.25, -0.2) is 4.79 Å².